The molecule has 142 valence electrons. The summed E-state index contributed by atoms with van der Waals surface area (Å²) >= 11 is 0. The molecule has 0 aromatic carbocycles. The van der Waals surface area contributed by atoms with Gasteiger partial charge in [-0.05, 0) is 6.42 Å². The van der Waals surface area contributed by atoms with Crippen LogP contribution in [0, 0.1) is 0 Å². The largest absolute Gasteiger partial charge is 0.394 e. The summed E-state index contributed by atoms with van der Waals surface area (Å²) in [5.41, 5.74) is 0. The van der Waals surface area contributed by atoms with E-state index in [1.165, 1.54) is 71.1 Å². The lowest BCUT2D eigenvalue weighted by Gasteiger charge is -2.14. The number of aliphatic hydroxyl groups excluding tert-OH is 1. The molecule has 0 aliphatic carbocycles. The lowest BCUT2D eigenvalue weighted by molar-refractivity contribution is -0.129. The smallest absolute Gasteiger partial charge is 0.244 e. The molecule has 5 heteroatoms. The Labute approximate surface area is 148 Å². The van der Waals surface area contributed by atoms with Crippen molar-refractivity contribution < 1.29 is 14.7 Å². The van der Waals surface area contributed by atoms with Crippen LogP contribution in [0.25, 0.3) is 0 Å². The number of rotatable bonds is 16. The monoisotopic (exact) mass is 342 g/mol. The number of amides is 2. The molecule has 0 spiro atoms. The predicted octanol–water partition coefficient (Wildman–Crippen LogP) is 3.30. The maximum absolute atomic E-state index is 11.7. The van der Waals surface area contributed by atoms with Crippen LogP contribution in [-0.2, 0) is 9.59 Å². The minimum Gasteiger partial charge on any atom is -0.394 e. The van der Waals surface area contributed by atoms with Crippen molar-refractivity contribution in [3.8, 4) is 0 Å². The summed E-state index contributed by atoms with van der Waals surface area (Å²) < 4.78 is 0. The SMILES string of the molecule is CCCCCCCCCCCCCCNC(=O)[C@H](CO)NC(C)=O. The van der Waals surface area contributed by atoms with Gasteiger partial charge in [-0.1, -0.05) is 77.6 Å². The minimum atomic E-state index is -0.833. The number of aliphatic hydroxyl groups is 1. The van der Waals surface area contributed by atoms with Crippen molar-refractivity contribution in [2.24, 2.45) is 0 Å². The lowest BCUT2D eigenvalue weighted by atomic mass is 10.1. The van der Waals surface area contributed by atoms with Gasteiger partial charge in [-0.15, -0.1) is 0 Å². The van der Waals surface area contributed by atoms with E-state index in [4.69, 9.17) is 5.11 Å². The van der Waals surface area contributed by atoms with Gasteiger partial charge in [-0.3, -0.25) is 9.59 Å². The summed E-state index contributed by atoms with van der Waals surface area (Å²) in [5.74, 6) is -0.620. The van der Waals surface area contributed by atoms with Crippen LogP contribution >= 0.6 is 0 Å². The highest BCUT2D eigenvalue weighted by molar-refractivity contribution is 5.86. The molecular weight excluding hydrogens is 304 g/mol. The van der Waals surface area contributed by atoms with E-state index in [9.17, 15) is 9.59 Å². The van der Waals surface area contributed by atoms with Gasteiger partial charge in [-0.25, -0.2) is 0 Å². The Morgan fingerprint density at radius 3 is 1.71 bits per heavy atom. The molecule has 0 aliphatic heterocycles. The molecule has 0 rings (SSSR count). The van der Waals surface area contributed by atoms with Crippen LogP contribution in [0.2, 0.25) is 0 Å². The molecule has 0 bridgehead atoms. The van der Waals surface area contributed by atoms with Crippen LogP contribution in [0.1, 0.15) is 90.9 Å². The highest BCUT2D eigenvalue weighted by Gasteiger charge is 2.17. The average Bonchev–Trinajstić information content (AvgIpc) is 2.56. The van der Waals surface area contributed by atoms with Crippen molar-refractivity contribution in [2.75, 3.05) is 13.2 Å². The third-order valence-electron chi connectivity index (χ3n) is 4.21. The fourth-order valence-corrected chi connectivity index (χ4v) is 2.74. The minimum absolute atomic E-state index is 0.309. The molecule has 0 saturated carbocycles. The standard InChI is InChI=1S/C19H38N2O3/c1-3-4-5-6-7-8-9-10-11-12-13-14-15-20-19(24)18(16-22)21-17(2)23/h18,22H,3-16H2,1-2H3,(H,20,24)(H,21,23)/t18-/m0/s1. The zero-order valence-corrected chi connectivity index (χ0v) is 15.7. The molecule has 0 aromatic heterocycles. The van der Waals surface area contributed by atoms with E-state index in [0.717, 1.165) is 12.8 Å². The third kappa shape index (κ3) is 14.5. The van der Waals surface area contributed by atoms with Gasteiger partial charge >= 0.3 is 0 Å². The van der Waals surface area contributed by atoms with Gasteiger partial charge in [0, 0.05) is 13.5 Å². The summed E-state index contributed by atoms with van der Waals surface area (Å²) in [6.45, 7) is 3.82. The van der Waals surface area contributed by atoms with Crippen molar-refractivity contribution in [3.63, 3.8) is 0 Å². The second kappa shape index (κ2) is 16.7. The van der Waals surface area contributed by atoms with E-state index in [-0.39, 0.29) is 18.4 Å². The maximum atomic E-state index is 11.7. The summed E-state index contributed by atoms with van der Waals surface area (Å²) in [7, 11) is 0. The molecule has 24 heavy (non-hydrogen) atoms. The first-order valence-corrected chi connectivity index (χ1v) is 9.77. The van der Waals surface area contributed by atoms with Gasteiger partial charge in [0.1, 0.15) is 6.04 Å². The van der Waals surface area contributed by atoms with E-state index in [2.05, 4.69) is 17.6 Å². The van der Waals surface area contributed by atoms with Gasteiger partial charge in [-0.2, -0.15) is 0 Å². The fourth-order valence-electron chi connectivity index (χ4n) is 2.74. The molecule has 0 unspecified atom stereocenters. The first-order valence-electron chi connectivity index (χ1n) is 9.77. The molecule has 1 atom stereocenters. The number of hydrogen-bond acceptors (Lipinski definition) is 3. The van der Waals surface area contributed by atoms with E-state index in [1.54, 1.807) is 0 Å². The Balaban J connectivity index is 3.35. The van der Waals surface area contributed by atoms with E-state index >= 15 is 0 Å². The summed E-state index contributed by atoms with van der Waals surface area (Å²) in [5, 5.41) is 14.3. The Bertz CT molecular complexity index is 322. The first kappa shape index (κ1) is 22.9. The van der Waals surface area contributed by atoms with Gasteiger partial charge in [0.2, 0.25) is 11.8 Å². The molecule has 0 aromatic rings. The number of nitrogens with one attached hydrogen (secondary N) is 2. The van der Waals surface area contributed by atoms with E-state index in [0.29, 0.717) is 6.54 Å². The topological polar surface area (TPSA) is 78.4 Å². The second-order valence-corrected chi connectivity index (χ2v) is 6.62. The molecule has 0 aliphatic rings. The molecule has 0 fully saturated rings. The number of hydrogen-bond donors (Lipinski definition) is 3. The molecule has 2 amide bonds. The van der Waals surface area contributed by atoms with Gasteiger partial charge in [0.15, 0.2) is 0 Å². The lowest BCUT2D eigenvalue weighted by Crippen LogP contribution is -2.48. The molecule has 0 saturated heterocycles. The van der Waals surface area contributed by atoms with E-state index in [1.807, 2.05) is 0 Å². The Hall–Kier alpha value is -1.10. The third-order valence-corrected chi connectivity index (χ3v) is 4.21. The normalized spacial score (nSPS) is 12.0. The van der Waals surface area contributed by atoms with Crippen LogP contribution in [-0.4, -0.2) is 36.1 Å². The van der Waals surface area contributed by atoms with Crippen LogP contribution in [0.5, 0.6) is 0 Å². The zero-order chi connectivity index (χ0) is 18.0. The molecule has 0 heterocycles. The van der Waals surface area contributed by atoms with Gasteiger partial charge in [0.05, 0.1) is 6.61 Å². The highest BCUT2D eigenvalue weighted by atomic mass is 16.3. The predicted molar refractivity (Wildman–Crippen MR) is 98.8 cm³/mol. The maximum Gasteiger partial charge on any atom is 0.244 e. The van der Waals surface area contributed by atoms with Crippen LogP contribution in [0.3, 0.4) is 0 Å². The molecular formula is C19H38N2O3. The Kier molecular flexibility index (Phi) is 16.0. The van der Waals surface area contributed by atoms with Crippen molar-refractivity contribution in [1.29, 1.82) is 0 Å². The number of carbonyl (C=O) groups excluding carboxylic acids is 2. The van der Waals surface area contributed by atoms with Gasteiger partial charge < -0.3 is 15.7 Å². The van der Waals surface area contributed by atoms with Crippen molar-refractivity contribution in [2.45, 2.75) is 96.9 Å². The van der Waals surface area contributed by atoms with Crippen LogP contribution in [0.4, 0.5) is 0 Å². The average molecular weight is 343 g/mol. The van der Waals surface area contributed by atoms with Crippen molar-refractivity contribution in [1.82, 2.24) is 10.6 Å². The second-order valence-electron chi connectivity index (χ2n) is 6.62. The van der Waals surface area contributed by atoms with Crippen LogP contribution < -0.4 is 10.6 Å². The summed E-state index contributed by atoms with van der Waals surface area (Å²) in [6.07, 6.45) is 15.4. The summed E-state index contributed by atoms with van der Waals surface area (Å²) in [4.78, 5) is 22.6. The Morgan fingerprint density at radius 1 is 0.833 bits per heavy atom. The molecule has 0 radical (unpaired) electrons. The number of unbranched alkanes of at least 4 members (excludes halogenated alkanes) is 11. The molecule has 5 nitrogen and oxygen atoms in total. The van der Waals surface area contributed by atoms with Gasteiger partial charge in [0.25, 0.3) is 0 Å². The Morgan fingerprint density at radius 2 is 1.29 bits per heavy atom. The van der Waals surface area contributed by atoms with Crippen molar-refractivity contribution in [3.05, 3.63) is 0 Å². The molecule has 3 N–H and O–H groups in total. The fraction of sp³-hybridized carbons (Fsp3) is 0.895. The quantitative estimate of drug-likeness (QED) is 0.377. The summed E-state index contributed by atoms with van der Waals surface area (Å²) in [6, 6.07) is -0.833. The van der Waals surface area contributed by atoms with E-state index < -0.39 is 6.04 Å². The highest BCUT2D eigenvalue weighted by Crippen LogP contribution is 2.11. The zero-order valence-electron chi connectivity index (χ0n) is 15.7. The van der Waals surface area contributed by atoms with Crippen molar-refractivity contribution >= 4 is 11.8 Å². The number of carbonyl (C=O) groups is 2. The first-order chi connectivity index (χ1) is 11.6. The van der Waals surface area contributed by atoms with Crippen LogP contribution in [0.15, 0.2) is 0 Å².